The van der Waals surface area contributed by atoms with Crippen LogP contribution < -0.4 is 10.6 Å². The second-order valence-corrected chi connectivity index (χ2v) is 4.22. The molecule has 1 aromatic carbocycles. The Morgan fingerprint density at radius 3 is 2.41 bits per heavy atom. The molecule has 0 saturated heterocycles. The monoisotopic (exact) mass is 236 g/mol. The highest BCUT2D eigenvalue weighted by Gasteiger charge is 2.17. The topological polar surface area (TPSA) is 49.5 Å². The van der Waals surface area contributed by atoms with Crippen LogP contribution in [0.15, 0.2) is 24.3 Å². The van der Waals surface area contributed by atoms with E-state index in [9.17, 15) is 5.11 Å². The SMILES string of the molecule is CCC(CC)N(CCO)c1ccccc1CN. The van der Waals surface area contributed by atoms with Crippen LogP contribution in [0.5, 0.6) is 0 Å². The molecule has 0 radical (unpaired) electrons. The highest BCUT2D eigenvalue weighted by atomic mass is 16.3. The third kappa shape index (κ3) is 3.45. The Balaban J connectivity index is 3.03. The van der Waals surface area contributed by atoms with Gasteiger partial charge in [-0.2, -0.15) is 0 Å². The molecule has 0 atom stereocenters. The van der Waals surface area contributed by atoms with Crippen LogP contribution in [-0.2, 0) is 6.54 Å². The first-order valence-corrected chi connectivity index (χ1v) is 6.43. The summed E-state index contributed by atoms with van der Waals surface area (Å²) < 4.78 is 0. The smallest absolute Gasteiger partial charge is 0.0606 e. The second kappa shape index (κ2) is 7.30. The lowest BCUT2D eigenvalue weighted by atomic mass is 10.1. The molecule has 96 valence electrons. The summed E-state index contributed by atoms with van der Waals surface area (Å²) in [4.78, 5) is 2.28. The highest BCUT2D eigenvalue weighted by molar-refractivity contribution is 5.54. The van der Waals surface area contributed by atoms with E-state index in [2.05, 4.69) is 30.9 Å². The third-order valence-corrected chi connectivity index (χ3v) is 3.25. The van der Waals surface area contributed by atoms with Crippen LogP contribution in [-0.4, -0.2) is 24.3 Å². The molecule has 0 aliphatic rings. The van der Waals surface area contributed by atoms with Crippen LogP contribution in [0, 0.1) is 0 Å². The fourth-order valence-corrected chi connectivity index (χ4v) is 2.30. The molecule has 3 N–H and O–H groups in total. The van der Waals surface area contributed by atoms with E-state index in [0.717, 1.165) is 24.1 Å². The molecule has 0 heterocycles. The van der Waals surface area contributed by atoms with Crippen molar-refractivity contribution in [3.63, 3.8) is 0 Å². The summed E-state index contributed by atoms with van der Waals surface area (Å²) in [7, 11) is 0. The van der Waals surface area contributed by atoms with E-state index in [1.807, 2.05) is 12.1 Å². The number of nitrogens with two attached hydrogens (primary N) is 1. The van der Waals surface area contributed by atoms with Crippen molar-refractivity contribution in [2.24, 2.45) is 5.73 Å². The number of aliphatic hydroxyl groups excluding tert-OH is 1. The number of hydrogen-bond acceptors (Lipinski definition) is 3. The molecule has 1 aromatic rings. The van der Waals surface area contributed by atoms with Gasteiger partial charge < -0.3 is 15.7 Å². The van der Waals surface area contributed by atoms with Gasteiger partial charge in [0, 0.05) is 24.8 Å². The van der Waals surface area contributed by atoms with E-state index in [-0.39, 0.29) is 6.61 Å². The van der Waals surface area contributed by atoms with Gasteiger partial charge in [0.1, 0.15) is 0 Å². The van der Waals surface area contributed by atoms with Crippen molar-refractivity contribution in [1.29, 1.82) is 0 Å². The average Bonchev–Trinajstić information content (AvgIpc) is 2.39. The van der Waals surface area contributed by atoms with Gasteiger partial charge in [-0.3, -0.25) is 0 Å². The molecule has 0 fully saturated rings. The predicted molar refractivity (Wildman–Crippen MR) is 73.1 cm³/mol. The maximum atomic E-state index is 9.23. The number of para-hydroxylation sites is 1. The van der Waals surface area contributed by atoms with Gasteiger partial charge in [0.2, 0.25) is 0 Å². The van der Waals surface area contributed by atoms with Crippen molar-refractivity contribution in [3.05, 3.63) is 29.8 Å². The van der Waals surface area contributed by atoms with Gasteiger partial charge in [-0.05, 0) is 24.5 Å². The lowest BCUT2D eigenvalue weighted by Gasteiger charge is -2.33. The van der Waals surface area contributed by atoms with Crippen molar-refractivity contribution in [3.8, 4) is 0 Å². The fourth-order valence-electron chi connectivity index (χ4n) is 2.30. The minimum atomic E-state index is 0.176. The van der Waals surface area contributed by atoms with Gasteiger partial charge in [-0.25, -0.2) is 0 Å². The van der Waals surface area contributed by atoms with Crippen LogP contribution in [0.25, 0.3) is 0 Å². The molecule has 0 aliphatic carbocycles. The van der Waals surface area contributed by atoms with E-state index >= 15 is 0 Å². The zero-order valence-corrected chi connectivity index (χ0v) is 10.9. The first kappa shape index (κ1) is 14.0. The predicted octanol–water partition coefficient (Wildman–Crippen LogP) is 2.13. The van der Waals surface area contributed by atoms with Crippen LogP contribution in [0.3, 0.4) is 0 Å². The molecule has 0 aromatic heterocycles. The third-order valence-electron chi connectivity index (χ3n) is 3.25. The minimum absolute atomic E-state index is 0.176. The summed E-state index contributed by atoms with van der Waals surface area (Å²) in [6.45, 7) is 5.75. The normalized spacial score (nSPS) is 10.9. The Labute approximate surface area is 104 Å². The van der Waals surface area contributed by atoms with Gasteiger partial charge in [0.15, 0.2) is 0 Å². The Hall–Kier alpha value is -1.06. The highest BCUT2D eigenvalue weighted by Crippen LogP contribution is 2.24. The molecular formula is C14H24N2O. The first-order valence-electron chi connectivity index (χ1n) is 6.43. The van der Waals surface area contributed by atoms with E-state index in [1.165, 1.54) is 0 Å². The number of aliphatic hydroxyl groups is 1. The number of benzene rings is 1. The average molecular weight is 236 g/mol. The van der Waals surface area contributed by atoms with Crippen molar-refractivity contribution < 1.29 is 5.11 Å². The molecule has 0 aliphatic heterocycles. The fraction of sp³-hybridized carbons (Fsp3) is 0.571. The van der Waals surface area contributed by atoms with Gasteiger partial charge in [0.05, 0.1) is 6.61 Å². The maximum Gasteiger partial charge on any atom is 0.0606 e. The molecule has 1 rings (SSSR count). The largest absolute Gasteiger partial charge is 0.395 e. The van der Waals surface area contributed by atoms with Crippen molar-refractivity contribution >= 4 is 5.69 Å². The Morgan fingerprint density at radius 1 is 1.24 bits per heavy atom. The van der Waals surface area contributed by atoms with Crippen molar-refractivity contribution in [2.45, 2.75) is 39.3 Å². The minimum Gasteiger partial charge on any atom is -0.395 e. The molecule has 3 heteroatoms. The standard InChI is InChI=1S/C14H24N2O/c1-3-13(4-2)16(9-10-17)14-8-6-5-7-12(14)11-15/h5-8,13,17H,3-4,9-11,15H2,1-2H3. The van der Waals surface area contributed by atoms with Gasteiger partial charge in [-0.15, -0.1) is 0 Å². The Kier molecular flexibility index (Phi) is 6.01. The number of nitrogens with zero attached hydrogens (tertiary/aromatic N) is 1. The summed E-state index contributed by atoms with van der Waals surface area (Å²) in [5.74, 6) is 0. The molecular weight excluding hydrogens is 212 g/mol. The van der Waals surface area contributed by atoms with Gasteiger partial charge in [0.25, 0.3) is 0 Å². The quantitative estimate of drug-likeness (QED) is 0.762. The second-order valence-electron chi connectivity index (χ2n) is 4.22. The molecule has 0 amide bonds. The van der Waals surface area contributed by atoms with E-state index in [1.54, 1.807) is 0 Å². The lowest BCUT2D eigenvalue weighted by molar-refractivity contribution is 0.296. The first-order chi connectivity index (χ1) is 8.28. The number of anilines is 1. The van der Waals surface area contributed by atoms with Crippen molar-refractivity contribution in [2.75, 3.05) is 18.1 Å². The number of hydrogen-bond donors (Lipinski definition) is 2. The summed E-state index contributed by atoms with van der Waals surface area (Å²) in [6.07, 6.45) is 2.16. The van der Waals surface area contributed by atoms with Gasteiger partial charge >= 0.3 is 0 Å². The Bertz CT molecular complexity index is 324. The van der Waals surface area contributed by atoms with Crippen LogP contribution in [0.2, 0.25) is 0 Å². The molecule has 17 heavy (non-hydrogen) atoms. The van der Waals surface area contributed by atoms with E-state index < -0.39 is 0 Å². The molecule has 0 bridgehead atoms. The zero-order valence-electron chi connectivity index (χ0n) is 10.9. The molecule has 0 unspecified atom stereocenters. The maximum absolute atomic E-state index is 9.23. The number of rotatable bonds is 7. The van der Waals surface area contributed by atoms with Crippen LogP contribution >= 0.6 is 0 Å². The van der Waals surface area contributed by atoms with Crippen LogP contribution in [0.1, 0.15) is 32.3 Å². The summed E-state index contributed by atoms with van der Waals surface area (Å²) in [5, 5.41) is 9.23. The molecule has 3 nitrogen and oxygen atoms in total. The summed E-state index contributed by atoms with van der Waals surface area (Å²) in [6, 6.07) is 8.66. The van der Waals surface area contributed by atoms with E-state index in [0.29, 0.717) is 19.1 Å². The molecule has 0 spiro atoms. The Morgan fingerprint density at radius 2 is 1.88 bits per heavy atom. The van der Waals surface area contributed by atoms with Crippen molar-refractivity contribution in [1.82, 2.24) is 0 Å². The molecule has 0 saturated carbocycles. The van der Waals surface area contributed by atoms with E-state index in [4.69, 9.17) is 5.73 Å². The van der Waals surface area contributed by atoms with Gasteiger partial charge in [-0.1, -0.05) is 32.0 Å². The van der Waals surface area contributed by atoms with Crippen LogP contribution in [0.4, 0.5) is 5.69 Å². The summed E-state index contributed by atoms with van der Waals surface area (Å²) in [5.41, 5.74) is 8.09. The zero-order chi connectivity index (χ0) is 12.7. The summed E-state index contributed by atoms with van der Waals surface area (Å²) >= 11 is 0. The lowest BCUT2D eigenvalue weighted by Crippen LogP contribution is -2.37.